The fourth-order valence-electron chi connectivity index (χ4n) is 2.02. The van der Waals surface area contributed by atoms with E-state index in [-0.39, 0.29) is 5.78 Å². The number of nitrogens with two attached hydrogens (primary N) is 1. The Morgan fingerprint density at radius 2 is 1.90 bits per heavy atom. The Bertz CT molecular complexity index is 638. The second-order valence-corrected chi connectivity index (χ2v) is 4.63. The number of carbonyl (C=O) groups is 1. The molecular weight excluding hydrogens is 266 g/mol. The third kappa shape index (κ3) is 3.34. The molecule has 0 saturated heterocycles. The van der Waals surface area contributed by atoms with Crippen molar-refractivity contribution in [2.24, 2.45) is 0 Å². The van der Waals surface area contributed by atoms with E-state index in [1.165, 1.54) is 7.11 Å². The van der Waals surface area contributed by atoms with Gasteiger partial charge in [-0.05, 0) is 36.8 Å². The molecule has 2 aromatic rings. The minimum atomic E-state index is -0.174. The number of rotatable bonds is 6. The highest BCUT2D eigenvalue weighted by Gasteiger charge is 2.17. The van der Waals surface area contributed by atoms with Gasteiger partial charge < -0.3 is 15.2 Å². The van der Waals surface area contributed by atoms with Crippen LogP contribution in [0.25, 0.3) is 0 Å². The fourth-order valence-corrected chi connectivity index (χ4v) is 2.02. The smallest absolute Gasteiger partial charge is 0.198 e. The average molecular weight is 285 g/mol. The Balaban J connectivity index is 2.41. The first kappa shape index (κ1) is 14.9. The first-order valence-electron chi connectivity index (χ1n) is 6.87. The van der Waals surface area contributed by atoms with Gasteiger partial charge in [-0.2, -0.15) is 0 Å². The fraction of sp³-hybridized carbons (Fsp3) is 0.235. The van der Waals surface area contributed by atoms with E-state index in [9.17, 15) is 4.79 Å². The topological polar surface area (TPSA) is 61.5 Å². The molecule has 0 aliphatic carbocycles. The highest BCUT2D eigenvalue weighted by atomic mass is 16.5. The normalized spacial score (nSPS) is 10.2. The van der Waals surface area contributed by atoms with E-state index >= 15 is 0 Å². The summed E-state index contributed by atoms with van der Waals surface area (Å²) >= 11 is 0. The third-order valence-electron chi connectivity index (χ3n) is 3.09. The number of nitrogen functional groups attached to an aromatic ring is 1. The summed E-state index contributed by atoms with van der Waals surface area (Å²) in [5, 5.41) is 0. The zero-order valence-corrected chi connectivity index (χ0v) is 12.3. The first-order valence-corrected chi connectivity index (χ1v) is 6.87. The van der Waals surface area contributed by atoms with Crippen molar-refractivity contribution in [3.05, 3.63) is 53.6 Å². The summed E-state index contributed by atoms with van der Waals surface area (Å²) < 4.78 is 10.8. The molecule has 0 fully saturated rings. The lowest BCUT2D eigenvalue weighted by Gasteiger charge is -2.12. The number of methoxy groups -OCH3 is 1. The van der Waals surface area contributed by atoms with E-state index in [0.29, 0.717) is 34.9 Å². The largest absolute Gasteiger partial charge is 0.496 e. The summed E-state index contributed by atoms with van der Waals surface area (Å²) in [5.41, 5.74) is 7.23. The van der Waals surface area contributed by atoms with E-state index in [1.54, 1.807) is 42.5 Å². The predicted octanol–water partition coefficient (Wildman–Crippen LogP) is 3.30. The van der Waals surface area contributed by atoms with Gasteiger partial charge in [0.15, 0.2) is 5.78 Å². The lowest BCUT2D eigenvalue weighted by atomic mass is 10.0. The molecule has 4 nitrogen and oxygen atoms in total. The third-order valence-corrected chi connectivity index (χ3v) is 3.09. The number of ketones is 1. The van der Waals surface area contributed by atoms with Crippen LogP contribution in [0.2, 0.25) is 0 Å². The number of carbonyl (C=O) groups excluding carboxylic acids is 1. The highest BCUT2D eigenvalue weighted by molar-refractivity contribution is 6.13. The zero-order valence-electron chi connectivity index (χ0n) is 12.3. The number of benzene rings is 2. The number of anilines is 1. The lowest BCUT2D eigenvalue weighted by Crippen LogP contribution is -2.07. The van der Waals surface area contributed by atoms with Crippen molar-refractivity contribution < 1.29 is 14.3 Å². The van der Waals surface area contributed by atoms with Gasteiger partial charge >= 0.3 is 0 Å². The molecule has 21 heavy (non-hydrogen) atoms. The van der Waals surface area contributed by atoms with Gasteiger partial charge in [-0.25, -0.2) is 0 Å². The zero-order chi connectivity index (χ0) is 15.2. The molecule has 110 valence electrons. The van der Waals surface area contributed by atoms with Crippen LogP contribution in [0.4, 0.5) is 5.69 Å². The molecule has 0 amide bonds. The van der Waals surface area contributed by atoms with Gasteiger partial charge in [0, 0.05) is 11.3 Å². The molecule has 4 heteroatoms. The highest BCUT2D eigenvalue weighted by Crippen LogP contribution is 2.28. The summed E-state index contributed by atoms with van der Waals surface area (Å²) in [7, 11) is 1.53. The molecule has 0 aliphatic heterocycles. The average Bonchev–Trinajstić information content (AvgIpc) is 2.52. The Morgan fingerprint density at radius 1 is 1.14 bits per heavy atom. The summed E-state index contributed by atoms with van der Waals surface area (Å²) in [6.45, 7) is 2.63. The van der Waals surface area contributed by atoms with Gasteiger partial charge in [-0.15, -0.1) is 0 Å². The van der Waals surface area contributed by atoms with Crippen LogP contribution >= 0.6 is 0 Å². The van der Waals surface area contributed by atoms with Crippen molar-refractivity contribution in [3.8, 4) is 11.5 Å². The number of hydrogen-bond acceptors (Lipinski definition) is 4. The first-order chi connectivity index (χ1) is 10.2. The quantitative estimate of drug-likeness (QED) is 0.653. The van der Waals surface area contributed by atoms with Gasteiger partial charge in [0.05, 0.1) is 19.3 Å². The molecule has 0 saturated carbocycles. The Morgan fingerprint density at radius 3 is 2.57 bits per heavy atom. The van der Waals surface area contributed by atoms with E-state index in [4.69, 9.17) is 15.2 Å². The van der Waals surface area contributed by atoms with Gasteiger partial charge in [-0.3, -0.25) is 4.79 Å². The monoisotopic (exact) mass is 285 g/mol. The second-order valence-electron chi connectivity index (χ2n) is 4.63. The molecule has 2 aromatic carbocycles. The van der Waals surface area contributed by atoms with E-state index < -0.39 is 0 Å². The molecule has 0 radical (unpaired) electrons. The molecule has 2 N–H and O–H groups in total. The van der Waals surface area contributed by atoms with Crippen LogP contribution < -0.4 is 15.2 Å². The van der Waals surface area contributed by atoms with Crippen molar-refractivity contribution in [1.82, 2.24) is 0 Å². The maximum atomic E-state index is 12.7. The molecule has 0 spiro atoms. The molecule has 2 rings (SSSR count). The second kappa shape index (κ2) is 6.79. The maximum Gasteiger partial charge on any atom is 0.198 e. The van der Waals surface area contributed by atoms with Crippen LogP contribution in [0.15, 0.2) is 42.5 Å². The molecule has 0 heterocycles. The van der Waals surface area contributed by atoms with Crippen LogP contribution in [0, 0.1) is 0 Å². The summed E-state index contributed by atoms with van der Waals surface area (Å²) in [4.78, 5) is 12.7. The Kier molecular flexibility index (Phi) is 4.82. The predicted molar refractivity (Wildman–Crippen MR) is 83.1 cm³/mol. The van der Waals surface area contributed by atoms with E-state index in [2.05, 4.69) is 0 Å². The van der Waals surface area contributed by atoms with Gasteiger partial charge in [0.25, 0.3) is 0 Å². The van der Waals surface area contributed by atoms with Crippen LogP contribution in [0.3, 0.4) is 0 Å². The van der Waals surface area contributed by atoms with Crippen molar-refractivity contribution in [1.29, 1.82) is 0 Å². The van der Waals surface area contributed by atoms with Crippen molar-refractivity contribution in [2.75, 3.05) is 19.5 Å². The molecule has 0 bridgehead atoms. The Hall–Kier alpha value is -2.49. The molecule has 0 aromatic heterocycles. The number of hydrogen-bond donors (Lipinski definition) is 1. The van der Waals surface area contributed by atoms with Crippen molar-refractivity contribution in [3.63, 3.8) is 0 Å². The minimum Gasteiger partial charge on any atom is -0.496 e. The molecule has 0 aliphatic rings. The standard InChI is InChI=1S/C17H19NO3/c1-3-10-21-12-8-9-16(20-2)14(11-12)17(19)13-6-4-5-7-15(13)18/h4-9,11H,3,10,18H2,1-2H3. The lowest BCUT2D eigenvalue weighted by molar-refractivity contribution is 0.103. The summed E-state index contributed by atoms with van der Waals surface area (Å²) in [6.07, 6.45) is 0.904. The molecule has 0 atom stereocenters. The van der Waals surface area contributed by atoms with Crippen LogP contribution in [0.1, 0.15) is 29.3 Å². The SMILES string of the molecule is CCCOc1ccc(OC)c(C(=O)c2ccccc2N)c1. The van der Waals surface area contributed by atoms with Crippen LogP contribution in [-0.4, -0.2) is 19.5 Å². The van der Waals surface area contributed by atoms with Crippen molar-refractivity contribution in [2.45, 2.75) is 13.3 Å². The maximum absolute atomic E-state index is 12.7. The summed E-state index contributed by atoms with van der Waals surface area (Å²) in [5.74, 6) is 0.981. The molecule has 0 unspecified atom stereocenters. The van der Waals surface area contributed by atoms with Gasteiger partial charge in [-0.1, -0.05) is 19.1 Å². The summed E-state index contributed by atoms with van der Waals surface area (Å²) in [6, 6.07) is 12.2. The minimum absolute atomic E-state index is 0.174. The number of ether oxygens (including phenoxy) is 2. The van der Waals surface area contributed by atoms with Crippen LogP contribution in [0.5, 0.6) is 11.5 Å². The number of para-hydroxylation sites is 1. The van der Waals surface area contributed by atoms with Gasteiger partial charge in [0.1, 0.15) is 11.5 Å². The van der Waals surface area contributed by atoms with Gasteiger partial charge in [0.2, 0.25) is 0 Å². The van der Waals surface area contributed by atoms with E-state index in [1.807, 2.05) is 6.92 Å². The van der Waals surface area contributed by atoms with E-state index in [0.717, 1.165) is 6.42 Å². The molecular formula is C17H19NO3. The van der Waals surface area contributed by atoms with Crippen LogP contribution in [-0.2, 0) is 0 Å². The Labute approximate surface area is 124 Å². The van der Waals surface area contributed by atoms with Crippen molar-refractivity contribution >= 4 is 11.5 Å².